The molecule has 1 aromatic carbocycles. The number of rotatable bonds is 5. The first-order valence-electron chi connectivity index (χ1n) is 8.97. The number of likely N-dealkylation sites (N-methyl/N-ethyl adjacent to an activating group) is 1. The molecule has 0 N–H and O–H groups in total. The molecule has 4 rings (SSSR count). The molecule has 1 aliphatic heterocycles. The van der Waals surface area contributed by atoms with Crippen LogP contribution in [-0.2, 0) is 9.59 Å². The third kappa shape index (κ3) is 3.77. The molecule has 0 unspecified atom stereocenters. The molecular weight excluding hydrogens is 382 g/mol. The molecule has 1 saturated carbocycles. The second-order valence-corrected chi connectivity index (χ2v) is 8.33. The minimum atomic E-state index is -0.257. The van der Waals surface area contributed by atoms with Gasteiger partial charge in [0.25, 0.3) is 5.91 Å². The van der Waals surface area contributed by atoms with Crippen LogP contribution in [0, 0.1) is 5.92 Å². The van der Waals surface area contributed by atoms with E-state index < -0.39 is 0 Å². The maximum Gasteiger partial charge on any atom is 0.262 e. The summed E-state index contributed by atoms with van der Waals surface area (Å²) < 4.78 is 0. The summed E-state index contributed by atoms with van der Waals surface area (Å²) in [6.07, 6.45) is 2.45. The average Bonchev–Trinajstić information content (AvgIpc) is 3.18. The summed E-state index contributed by atoms with van der Waals surface area (Å²) in [7, 11) is 1.68. The second-order valence-electron chi connectivity index (χ2n) is 6.97. The van der Waals surface area contributed by atoms with Crippen LogP contribution in [0.25, 0.3) is 0 Å². The van der Waals surface area contributed by atoms with Crippen LogP contribution in [0.1, 0.15) is 35.7 Å². The van der Waals surface area contributed by atoms with Crippen molar-refractivity contribution in [3.8, 4) is 0 Å². The average molecular weight is 402 g/mol. The third-order valence-electron chi connectivity index (χ3n) is 4.91. The van der Waals surface area contributed by atoms with Crippen molar-refractivity contribution in [1.29, 1.82) is 0 Å². The van der Waals surface area contributed by atoms with Gasteiger partial charge < -0.3 is 4.90 Å². The van der Waals surface area contributed by atoms with Crippen LogP contribution >= 0.6 is 22.9 Å². The predicted molar refractivity (Wildman–Crippen MR) is 107 cm³/mol. The number of thiophene rings is 1. The van der Waals surface area contributed by atoms with Gasteiger partial charge in [-0.05, 0) is 35.9 Å². The van der Waals surface area contributed by atoms with Gasteiger partial charge in [0.15, 0.2) is 0 Å². The lowest BCUT2D eigenvalue weighted by atomic mass is 10.0. The van der Waals surface area contributed by atoms with E-state index in [2.05, 4.69) is 5.10 Å². The summed E-state index contributed by atoms with van der Waals surface area (Å²) in [5, 5.41) is 8.73. The Hall–Kier alpha value is -2.18. The molecule has 1 aromatic heterocycles. The van der Waals surface area contributed by atoms with Gasteiger partial charge >= 0.3 is 0 Å². The lowest BCUT2D eigenvalue weighted by Crippen LogP contribution is -2.39. The van der Waals surface area contributed by atoms with Gasteiger partial charge in [-0.15, -0.1) is 11.3 Å². The van der Waals surface area contributed by atoms with Crippen LogP contribution in [0.4, 0.5) is 0 Å². The molecule has 0 spiro atoms. The molecule has 0 bridgehead atoms. The van der Waals surface area contributed by atoms with E-state index in [1.165, 1.54) is 9.91 Å². The van der Waals surface area contributed by atoms with Crippen molar-refractivity contribution in [3.63, 3.8) is 0 Å². The normalized spacial score (nSPS) is 19.1. The monoisotopic (exact) mass is 401 g/mol. The maximum absolute atomic E-state index is 13.0. The number of hydrogen-bond acceptors (Lipinski definition) is 4. The van der Waals surface area contributed by atoms with Gasteiger partial charge in [-0.3, -0.25) is 9.59 Å². The highest BCUT2D eigenvalue weighted by Gasteiger charge is 2.37. The van der Waals surface area contributed by atoms with Crippen molar-refractivity contribution in [2.75, 3.05) is 13.6 Å². The molecule has 2 aromatic rings. The van der Waals surface area contributed by atoms with Crippen LogP contribution in [0.3, 0.4) is 0 Å². The topological polar surface area (TPSA) is 53.0 Å². The highest BCUT2D eigenvalue weighted by Crippen LogP contribution is 2.37. The van der Waals surface area contributed by atoms with Crippen molar-refractivity contribution in [2.24, 2.45) is 11.0 Å². The Morgan fingerprint density at radius 1 is 1.26 bits per heavy atom. The van der Waals surface area contributed by atoms with E-state index in [1.54, 1.807) is 18.4 Å². The highest BCUT2D eigenvalue weighted by molar-refractivity contribution is 7.12. The van der Waals surface area contributed by atoms with E-state index in [4.69, 9.17) is 11.6 Å². The Morgan fingerprint density at radius 3 is 2.70 bits per heavy atom. The van der Waals surface area contributed by atoms with E-state index in [0.717, 1.165) is 29.0 Å². The number of halogens is 1. The summed E-state index contributed by atoms with van der Waals surface area (Å²) >= 11 is 8.00. The quantitative estimate of drug-likeness (QED) is 0.761. The van der Waals surface area contributed by atoms with Gasteiger partial charge in [-0.2, -0.15) is 5.10 Å². The van der Waals surface area contributed by atoms with Crippen molar-refractivity contribution in [1.82, 2.24) is 9.91 Å². The van der Waals surface area contributed by atoms with Crippen molar-refractivity contribution in [3.05, 3.63) is 57.2 Å². The minimum Gasteiger partial charge on any atom is -0.336 e. The van der Waals surface area contributed by atoms with Gasteiger partial charge in [0.1, 0.15) is 6.54 Å². The molecule has 1 aliphatic carbocycles. The zero-order chi connectivity index (χ0) is 19.0. The Kier molecular flexibility index (Phi) is 5.02. The van der Waals surface area contributed by atoms with Gasteiger partial charge in [0, 0.05) is 24.4 Å². The molecular formula is C20H20ClN3O2S. The molecule has 1 atom stereocenters. The standard InChI is InChI=1S/C20H20ClN3O2S/c1-23(20(26)13-8-9-13)12-19(25)24-17(14-5-2-3-6-15(14)21)11-16(22-24)18-7-4-10-27-18/h2-7,10,13,17H,8-9,11-12H2,1H3/t17-/m1/s1. The smallest absolute Gasteiger partial charge is 0.262 e. The molecule has 27 heavy (non-hydrogen) atoms. The highest BCUT2D eigenvalue weighted by atomic mass is 35.5. The Bertz CT molecular complexity index is 892. The molecule has 7 heteroatoms. The maximum atomic E-state index is 13.0. The lowest BCUT2D eigenvalue weighted by Gasteiger charge is -2.25. The van der Waals surface area contributed by atoms with Gasteiger partial charge in [-0.25, -0.2) is 5.01 Å². The fourth-order valence-electron chi connectivity index (χ4n) is 3.31. The zero-order valence-electron chi connectivity index (χ0n) is 15.0. The number of amides is 2. The molecule has 5 nitrogen and oxygen atoms in total. The number of nitrogens with zero attached hydrogens (tertiary/aromatic N) is 3. The van der Waals surface area contributed by atoms with Crippen LogP contribution in [0.2, 0.25) is 5.02 Å². The van der Waals surface area contributed by atoms with E-state index in [1.807, 2.05) is 41.8 Å². The largest absolute Gasteiger partial charge is 0.336 e. The lowest BCUT2D eigenvalue weighted by molar-refractivity contribution is -0.141. The zero-order valence-corrected chi connectivity index (χ0v) is 16.5. The van der Waals surface area contributed by atoms with Crippen LogP contribution in [0.15, 0.2) is 46.9 Å². The number of carbonyl (C=O) groups is 2. The first-order valence-corrected chi connectivity index (χ1v) is 10.2. The summed E-state index contributed by atoms with van der Waals surface area (Å²) in [5.74, 6) is -0.0619. The molecule has 2 amide bonds. The first kappa shape index (κ1) is 18.2. The van der Waals surface area contributed by atoms with Gasteiger partial charge in [0.2, 0.25) is 5.91 Å². The Labute approximate surface area is 167 Å². The third-order valence-corrected chi connectivity index (χ3v) is 6.17. The van der Waals surface area contributed by atoms with Gasteiger partial charge in [0.05, 0.1) is 16.6 Å². The SMILES string of the molecule is CN(CC(=O)N1N=C(c2cccs2)C[C@@H]1c1ccccc1Cl)C(=O)C1CC1. The Morgan fingerprint density at radius 2 is 2.04 bits per heavy atom. The first-order chi connectivity index (χ1) is 13.0. The van der Waals surface area contributed by atoms with Crippen molar-refractivity contribution in [2.45, 2.75) is 25.3 Å². The number of hydrogen-bond donors (Lipinski definition) is 0. The molecule has 2 heterocycles. The van der Waals surface area contributed by atoms with E-state index in [0.29, 0.717) is 11.4 Å². The number of hydrazone groups is 1. The second kappa shape index (κ2) is 7.44. The molecule has 0 radical (unpaired) electrons. The Balaban J connectivity index is 1.59. The molecule has 0 saturated heterocycles. The van der Waals surface area contributed by atoms with E-state index in [9.17, 15) is 9.59 Å². The number of carbonyl (C=O) groups excluding carboxylic acids is 2. The predicted octanol–water partition coefficient (Wildman–Crippen LogP) is 3.95. The van der Waals surface area contributed by atoms with Gasteiger partial charge in [-0.1, -0.05) is 35.9 Å². The van der Waals surface area contributed by atoms with E-state index in [-0.39, 0.29) is 30.3 Å². The van der Waals surface area contributed by atoms with Crippen molar-refractivity contribution < 1.29 is 9.59 Å². The summed E-state index contributed by atoms with van der Waals surface area (Å²) in [6.45, 7) is 0.0253. The van der Waals surface area contributed by atoms with Crippen LogP contribution in [-0.4, -0.2) is 41.0 Å². The fourth-order valence-corrected chi connectivity index (χ4v) is 4.30. The van der Waals surface area contributed by atoms with Crippen LogP contribution < -0.4 is 0 Å². The summed E-state index contributed by atoms with van der Waals surface area (Å²) in [4.78, 5) is 27.8. The molecule has 2 aliphatic rings. The summed E-state index contributed by atoms with van der Waals surface area (Å²) in [6, 6.07) is 11.3. The van der Waals surface area contributed by atoms with Crippen molar-refractivity contribution >= 4 is 40.5 Å². The minimum absolute atomic E-state index is 0.0253. The van der Waals surface area contributed by atoms with E-state index >= 15 is 0 Å². The fraction of sp³-hybridized carbons (Fsp3) is 0.350. The summed E-state index contributed by atoms with van der Waals surface area (Å²) in [5.41, 5.74) is 1.75. The molecule has 1 fully saturated rings. The number of benzene rings is 1. The molecule has 140 valence electrons. The van der Waals surface area contributed by atoms with Crippen LogP contribution in [0.5, 0.6) is 0 Å².